The first-order valence-electron chi connectivity index (χ1n) is 8.13. The molecule has 4 rings (SSSR count). The number of ether oxygens (including phenoxy) is 1. The molecule has 0 spiro atoms. The van der Waals surface area contributed by atoms with Crippen LogP contribution in [0.4, 0.5) is 0 Å². The molecule has 1 aromatic carbocycles. The van der Waals surface area contributed by atoms with E-state index in [-0.39, 0.29) is 18.0 Å². The zero-order valence-electron chi connectivity index (χ0n) is 14.3. The summed E-state index contributed by atoms with van der Waals surface area (Å²) in [4.78, 5) is 18.8. The molecule has 134 valence electrons. The zero-order chi connectivity index (χ0) is 18.3. The Morgan fingerprint density at radius 2 is 2.12 bits per heavy atom. The summed E-state index contributed by atoms with van der Waals surface area (Å²) in [5.41, 5.74) is 2.55. The van der Waals surface area contributed by atoms with Gasteiger partial charge in [-0.2, -0.15) is 10.1 Å². The number of oxazole rings is 1. The highest BCUT2D eigenvalue weighted by Crippen LogP contribution is 2.38. The minimum atomic E-state index is -0.164. The molecule has 1 atom stereocenters. The van der Waals surface area contributed by atoms with Gasteiger partial charge in [-0.15, -0.1) is 0 Å². The van der Waals surface area contributed by atoms with E-state index in [4.69, 9.17) is 20.8 Å². The Morgan fingerprint density at radius 3 is 2.81 bits per heavy atom. The average molecular weight is 373 g/mol. The maximum Gasteiger partial charge on any atom is 0.393 e. The van der Waals surface area contributed by atoms with Gasteiger partial charge in [0.15, 0.2) is 0 Å². The van der Waals surface area contributed by atoms with Gasteiger partial charge in [0.2, 0.25) is 0 Å². The van der Waals surface area contributed by atoms with Gasteiger partial charge in [0.05, 0.1) is 42.8 Å². The average Bonchev–Trinajstić information content (AvgIpc) is 3.31. The largest absolute Gasteiger partial charge is 0.454 e. The molecule has 2 aromatic heterocycles. The molecular weight excluding hydrogens is 356 g/mol. The van der Waals surface area contributed by atoms with Crippen LogP contribution in [0.5, 0.6) is 6.08 Å². The van der Waals surface area contributed by atoms with Crippen LogP contribution in [0.25, 0.3) is 0 Å². The molecular formula is C18H17ClN4O3. The number of methoxy groups -OCH3 is 1. The molecule has 3 heterocycles. The van der Waals surface area contributed by atoms with E-state index in [0.717, 1.165) is 11.3 Å². The molecule has 1 aliphatic heterocycles. The Kier molecular flexibility index (Phi) is 4.16. The number of rotatable bonds is 5. The van der Waals surface area contributed by atoms with Crippen LogP contribution in [-0.4, -0.2) is 32.7 Å². The van der Waals surface area contributed by atoms with Gasteiger partial charge in [0.1, 0.15) is 5.76 Å². The van der Waals surface area contributed by atoms with Crippen molar-refractivity contribution in [3.05, 3.63) is 64.3 Å². The minimum absolute atomic E-state index is 0.0424. The molecule has 1 unspecified atom stereocenters. The van der Waals surface area contributed by atoms with Crippen LogP contribution in [0.2, 0.25) is 5.02 Å². The lowest BCUT2D eigenvalue weighted by atomic mass is 10.0. The number of amides is 1. The van der Waals surface area contributed by atoms with Crippen LogP contribution in [0.15, 0.2) is 41.1 Å². The van der Waals surface area contributed by atoms with Crippen molar-refractivity contribution in [3.8, 4) is 6.08 Å². The predicted octanol–water partition coefficient (Wildman–Crippen LogP) is 3.01. The van der Waals surface area contributed by atoms with Crippen molar-refractivity contribution < 1.29 is 13.9 Å². The van der Waals surface area contributed by atoms with Gasteiger partial charge in [0.25, 0.3) is 5.91 Å². The Hall–Kier alpha value is -2.80. The number of carbonyl (C=O) groups is 1. The second-order valence-electron chi connectivity index (χ2n) is 6.10. The summed E-state index contributed by atoms with van der Waals surface area (Å²) in [6.45, 7) is 0.296. The summed E-state index contributed by atoms with van der Waals surface area (Å²) >= 11 is 6.29. The first kappa shape index (κ1) is 16.7. The molecule has 1 amide bonds. The van der Waals surface area contributed by atoms with Gasteiger partial charge >= 0.3 is 6.08 Å². The Balaban J connectivity index is 1.70. The molecule has 8 heteroatoms. The van der Waals surface area contributed by atoms with Crippen molar-refractivity contribution in [2.24, 2.45) is 7.05 Å². The van der Waals surface area contributed by atoms with Crippen LogP contribution >= 0.6 is 11.6 Å². The van der Waals surface area contributed by atoms with Crippen molar-refractivity contribution in [1.29, 1.82) is 0 Å². The number of fused-ring (bicyclic) bond motifs is 1. The van der Waals surface area contributed by atoms with Gasteiger partial charge in [-0.05, 0) is 11.6 Å². The summed E-state index contributed by atoms with van der Waals surface area (Å²) < 4.78 is 12.2. The SMILES string of the molecule is COc1ncc(CN2C(=O)c3ccccc3C2Cc2c(Cl)cnn2C)o1. The molecule has 0 saturated carbocycles. The molecule has 1 aliphatic rings. The van der Waals surface area contributed by atoms with Crippen molar-refractivity contribution >= 4 is 17.5 Å². The molecule has 0 aliphatic carbocycles. The van der Waals surface area contributed by atoms with E-state index in [1.807, 2.05) is 31.3 Å². The van der Waals surface area contributed by atoms with E-state index < -0.39 is 0 Å². The lowest BCUT2D eigenvalue weighted by molar-refractivity contribution is 0.0690. The molecule has 7 nitrogen and oxygen atoms in total. The van der Waals surface area contributed by atoms with Gasteiger partial charge in [-0.1, -0.05) is 29.8 Å². The van der Waals surface area contributed by atoms with Gasteiger partial charge < -0.3 is 14.1 Å². The number of aromatic nitrogens is 3. The van der Waals surface area contributed by atoms with Crippen molar-refractivity contribution in [3.63, 3.8) is 0 Å². The lowest BCUT2D eigenvalue weighted by Crippen LogP contribution is -2.29. The zero-order valence-corrected chi connectivity index (χ0v) is 15.1. The summed E-state index contributed by atoms with van der Waals surface area (Å²) in [7, 11) is 3.33. The van der Waals surface area contributed by atoms with Crippen molar-refractivity contribution in [2.45, 2.75) is 19.0 Å². The Bertz CT molecular complexity index is 946. The number of hydrogen-bond acceptors (Lipinski definition) is 5. The Morgan fingerprint density at radius 1 is 1.31 bits per heavy atom. The van der Waals surface area contributed by atoms with E-state index >= 15 is 0 Å². The number of halogens is 1. The van der Waals surface area contributed by atoms with E-state index in [0.29, 0.717) is 29.3 Å². The molecule has 3 aromatic rings. The molecule has 26 heavy (non-hydrogen) atoms. The quantitative estimate of drug-likeness (QED) is 0.688. The number of aryl methyl sites for hydroxylation is 1. The third-order valence-electron chi connectivity index (χ3n) is 4.62. The first-order valence-corrected chi connectivity index (χ1v) is 8.51. The van der Waals surface area contributed by atoms with Crippen LogP contribution < -0.4 is 4.74 Å². The first-order chi connectivity index (χ1) is 12.6. The maximum atomic E-state index is 13.0. The van der Waals surface area contributed by atoms with Gasteiger partial charge in [-0.3, -0.25) is 9.48 Å². The van der Waals surface area contributed by atoms with Gasteiger partial charge in [0, 0.05) is 19.0 Å². The predicted molar refractivity (Wildman–Crippen MR) is 94.0 cm³/mol. The summed E-state index contributed by atoms with van der Waals surface area (Å²) in [5, 5.41) is 4.78. The van der Waals surface area contributed by atoms with E-state index in [1.165, 1.54) is 7.11 Å². The number of nitrogens with zero attached hydrogens (tertiary/aromatic N) is 4. The molecule has 0 saturated heterocycles. The highest BCUT2D eigenvalue weighted by atomic mass is 35.5. The summed E-state index contributed by atoms with van der Waals surface area (Å²) in [6.07, 6.45) is 3.92. The lowest BCUT2D eigenvalue weighted by Gasteiger charge is -2.24. The third-order valence-corrected chi connectivity index (χ3v) is 4.93. The molecule has 0 N–H and O–H groups in total. The second-order valence-corrected chi connectivity index (χ2v) is 6.51. The summed E-state index contributed by atoms with van der Waals surface area (Å²) in [6, 6.07) is 7.46. The van der Waals surface area contributed by atoms with Crippen LogP contribution in [0.3, 0.4) is 0 Å². The fraction of sp³-hybridized carbons (Fsp3) is 0.278. The number of benzene rings is 1. The standard InChI is InChI=1S/C18H17ClN4O3/c1-22-16(14(19)9-21-22)7-15-12-5-3-4-6-13(12)17(24)23(15)10-11-8-20-18(25-2)26-11/h3-6,8-9,15H,7,10H2,1-2H3. The second kappa shape index (κ2) is 6.49. The molecule has 0 bridgehead atoms. The van der Waals surface area contributed by atoms with E-state index in [9.17, 15) is 4.79 Å². The van der Waals surface area contributed by atoms with Crippen LogP contribution in [-0.2, 0) is 20.0 Å². The number of hydrogen-bond donors (Lipinski definition) is 0. The highest BCUT2D eigenvalue weighted by molar-refractivity contribution is 6.31. The number of carbonyl (C=O) groups excluding carboxylic acids is 1. The molecule has 0 fully saturated rings. The maximum absolute atomic E-state index is 13.0. The van der Waals surface area contributed by atoms with E-state index in [2.05, 4.69) is 10.1 Å². The molecule has 0 radical (unpaired) electrons. The topological polar surface area (TPSA) is 73.4 Å². The van der Waals surface area contributed by atoms with Crippen molar-refractivity contribution in [2.75, 3.05) is 7.11 Å². The van der Waals surface area contributed by atoms with Gasteiger partial charge in [-0.25, -0.2) is 0 Å². The third kappa shape index (κ3) is 2.74. The fourth-order valence-corrected chi connectivity index (χ4v) is 3.57. The van der Waals surface area contributed by atoms with E-state index in [1.54, 1.807) is 22.0 Å². The fourth-order valence-electron chi connectivity index (χ4n) is 3.32. The Labute approximate surface area is 155 Å². The summed E-state index contributed by atoms with van der Waals surface area (Å²) in [5.74, 6) is 0.517. The van der Waals surface area contributed by atoms with Crippen LogP contribution in [0.1, 0.15) is 33.4 Å². The highest BCUT2D eigenvalue weighted by Gasteiger charge is 2.37. The van der Waals surface area contributed by atoms with Crippen molar-refractivity contribution in [1.82, 2.24) is 19.7 Å². The normalized spacial score (nSPS) is 16.2. The minimum Gasteiger partial charge on any atom is -0.454 e. The van der Waals surface area contributed by atoms with Crippen LogP contribution in [0, 0.1) is 0 Å². The monoisotopic (exact) mass is 372 g/mol. The smallest absolute Gasteiger partial charge is 0.393 e.